The Balaban J connectivity index is 2.12. The molecule has 0 bridgehead atoms. The number of rotatable bonds is 2. The number of hydrogen-bond donors (Lipinski definition) is 2. The van der Waals surface area contributed by atoms with Crippen molar-refractivity contribution in [1.29, 1.82) is 0 Å². The van der Waals surface area contributed by atoms with Crippen molar-refractivity contribution >= 4 is 11.6 Å². The number of aliphatic hydroxyl groups is 1. The number of carbonyl (C=O) groups excluding carboxylic acids is 1. The lowest BCUT2D eigenvalue weighted by Gasteiger charge is -2.34. The van der Waals surface area contributed by atoms with Crippen LogP contribution in [0.2, 0.25) is 0 Å². The van der Waals surface area contributed by atoms with Crippen LogP contribution in [0.5, 0.6) is 0 Å². The van der Waals surface area contributed by atoms with Crippen LogP contribution in [-0.2, 0) is 10.2 Å². The standard InChI is InChI=1S/C16H21FN2O2/c1-15(2,21)10-19-12-5-3-4-11(17)13(12)16(14(19)20)6-8-18-9-7-16/h3-5,18,21H,6-10H2,1-2H3. The summed E-state index contributed by atoms with van der Waals surface area (Å²) in [6, 6.07) is 4.82. The summed E-state index contributed by atoms with van der Waals surface area (Å²) in [5.74, 6) is -0.396. The monoisotopic (exact) mass is 292 g/mol. The van der Waals surface area contributed by atoms with E-state index in [1.54, 1.807) is 30.9 Å². The maximum Gasteiger partial charge on any atom is 0.238 e. The first-order chi connectivity index (χ1) is 9.85. The highest BCUT2D eigenvalue weighted by Crippen LogP contribution is 2.48. The van der Waals surface area contributed by atoms with E-state index in [2.05, 4.69) is 5.32 Å². The van der Waals surface area contributed by atoms with Crippen LogP contribution >= 0.6 is 0 Å². The van der Waals surface area contributed by atoms with Crippen LogP contribution in [0.4, 0.5) is 10.1 Å². The first-order valence-corrected chi connectivity index (χ1v) is 7.39. The van der Waals surface area contributed by atoms with Crippen molar-refractivity contribution in [3.8, 4) is 0 Å². The molecule has 4 nitrogen and oxygen atoms in total. The first kappa shape index (κ1) is 14.5. The van der Waals surface area contributed by atoms with Gasteiger partial charge in [-0.1, -0.05) is 6.07 Å². The van der Waals surface area contributed by atoms with E-state index in [9.17, 15) is 14.3 Å². The average molecular weight is 292 g/mol. The molecular formula is C16H21FN2O2. The van der Waals surface area contributed by atoms with Crippen LogP contribution in [0.25, 0.3) is 0 Å². The Morgan fingerprint density at radius 2 is 2.05 bits per heavy atom. The van der Waals surface area contributed by atoms with E-state index in [1.165, 1.54) is 6.07 Å². The summed E-state index contributed by atoms with van der Waals surface area (Å²) in [5, 5.41) is 13.3. The topological polar surface area (TPSA) is 52.6 Å². The van der Waals surface area contributed by atoms with Crippen LogP contribution < -0.4 is 10.2 Å². The molecule has 3 rings (SSSR count). The largest absolute Gasteiger partial charge is 0.389 e. The molecule has 0 aromatic heterocycles. The molecule has 2 heterocycles. The third-order valence-electron chi connectivity index (χ3n) is 4.42. The van der Waals surface area contributed by atoms with E-state index >= 15 is 0 Å². The van der Waals surface area contributed by atoms with E-state index in [0.717, 1.165) is 0 Å². The lowest BCUT2D eigenvalue weighted by molar-refractivity contribution is -0.124. The lowest BCUT2D eigenvalue weighted by Crippen LogP contribution is -2.50. The highest BCUT2D eigenvalue weighted by Gasteiger charge is 2.53. The quantitative estimate of drug-likeness (QED) is 0.870. The fraction of sp³-hybridized carbons (Fsp3) is 0.562. The molecule has 1 aromatic carbocycles. The number of amides is 1. The molecule has 0 radical (unpaired) electrons. The molecule has 21 heavy (non-hydrogen) atoms. The van der Waals surface area contributed by atoms with Gasteiger partial charge in [0.2, 0.25) is 5.91 Å². The Labute approximate surface area is 124 Å². The minimum atomic E-state index is -1.02. The number of anilines is 1. The average Bonchev–Trinajstić information content (AvgIpc) is 2.63. The predicted octanol–water partition coefficient (Wildman–Crippen LogP) is 1.56. The van der Waals surface area contributed by atoms with Gasteiger partial charge in [-0.15, -0.1) is 0 Å². The van der Waals surface area contributed by atoms with Crippen LogP contribution in [0.1, 0.15) is 32.3 Å². The van der Waals surface area contributed by atoms with Crippen LogP contribution in [0.3, 0.4) is 0 Å². The molecule has 2 aliphatic rings. The third kappa shape index (κ3) is 2.24. The minimum absolute atomic E-state index is 0.0776. The highest BCUT2D eigenvalue weighted by molar-refractivity contribution is 6.08. The van der Waals surface area contributed by atoms with Crippen LogP contribution in [0, 0.1) is 5.82 Å². The van der Waals surface area contributed by atoms with E-state index in [1.807, 2.05) is 0 Å². The SMILES string of the molecule is CC(C)(O)CN1C(=O)C2(CCNCC2)c2c(F)cccc21. The van der Waals surface area contributed by atoms with Gasteiger partial charge in [0.1, 0.15) is 5.82 Å². The van der Waals surface area contributed by atoms with E-state index in [4.69, 9.17) is 0 Å². The minimum Gasteiger partial charge on any atom is -0.389 e. The molecule has 1 aromatic rings. The summed E-state index contributed by atoms with van der Waals surface area (Å²) in [5.41, 5.74) is -0.653. The van der Waals surface area contributed by atoms with Crippen molar-refractivity contribution in [2.45, 2.75) is 37.7 Å². The maximum absolute atomic E-state index is 14.4. The Kier molecular flexibility index (Phi) is 3.30. The molecule has 1 saturated heterocycles. The van der Waals surface area contributed by atoms with Crippen LogP contribution in [-0.4, -0.2) is 36.2 Å². The fourth-order valence-electron chi connectivity index (χ4n) is 3.55. The maximum atomic E-state index is 14.4. The van der Waals surface area contributed by atoms with Gasteiger partial charge >= 0.3 is 0 Å². The second-order valence-electron chi connectivity index (χ2n) is 6.67. The third-order valence-corrected chi connectivity index (χ3v) is 4.42. The Hall–Kier alpha value is -1.46. The van der Waals surface area contributed by atoms with Gasteiger partial charge in [-0.25, -0.2) is 4.39 Å². The summed E-state index contributed by atoms with van der Waals surface area (Å²) in [6.07, 6.45) is 1.20. The van der Waals surface area contributed by atoms with Crippen molar-refractivity contribution in [2.24, 2.45) is 0 Å². The van der Waals surface area contributed by atoms with Crippen molar-refractivity contribution in [3.63, 3.8) is 0 Å². The van der Waals surface area contributed by atoms with Gasteiger partial charge in [0, 0.05) is 5.56 Å². The molecule has 0 saturated carbocycles. The Morgan fingerprint density at radius 1 is 1.38 bits per heavy atom. The Morgan fingerprint density at radius 3 is 2.67 bits per heavy atom. The number of β-amino-alcohol motifs (C(OH)–C–C–N with tert-alkyl or cyclic N) is 1. The number of nitrogens with one attached hydrogen (secondary N) is 1. The number of nitrogens with zero attached hydrogens (tertiary/aromatic N) is 1. The van der Waals surface area contributed by atoms with E-state index < -0.39 is 11.0 Å². The molecule has 1 amide bonds. The van der Waals surface area contributed by atoms with Crippen molar-refractivity contribution in [1.82, 2.24) is 5.32 Å². The summed E-state index contributed by atoms with van der Waals surface area (Å²) in [7, 11) is 0. The predicted molar refractivity (Wildman–Crippen MR) is 78.8 cm³/mol. The van der Waals surface area contributed by atoms with Gasteiger partial charge in [0.15, 0.2) is 0 Å². The van der Waals surface area contributed by atoms with Gasteiger partial charge in [0.05, 0.1) is 23.2 Å². The molecular weight excluding hydrogens is 271 g/mol. The molecule has 0 atom stereocenters. The number of fused-ring (bicyclic) bond motifs is 2. The normalized spacial score (nSPS) is 21.0. The summed E-state index contributed by atoms with van der Waals surface area (Å²) in [6.45, 7) is 4.91. The molecule has 114 valence electrons. The number of carbonyl (C=O) groups is 1. The molecule has 2 N–H and O–H groups in total. The number of piperidine rings is 1. The number of benzene rings is 1. The number of hydrogen-bond acceptors (Lipinski definition) is 3. The van der Waals surface area contributed by atoms with Gasteiger partial charge in [0.25, 0.3) is 0 Å². The van der Waals surface area contributed by atoms with Crippen molar-refractivity contribution < 1.29 is 14.3 Å². The molecule has 5 heteroatoms. The highest BCUT2D eigenvalue weighted by atomic mass is 19.1. The Bertz CT molecular complexity index is 574. The van der Waals surface area contributed by atoms with Crippen LogP contribution in [0.15, 0.2) is 18.2 Å². The summed E-state index contributed by atoms with van der Waals surface area (Å²) >= 11 is 0. The molecule has 2 aliphatic heterocycles. The summed E-state index contributed by atoms with van der Waals surface area (Å²) in [4.78, 5) is 14.5. The molecule has 0 unspecified atom stereocenters. The van der Waals surface area contributed by atoms with Gasteiger partial charge in [-0.2, -0.15) is 0 Å². The molecule has 1 spiro atoms. The van der Waals surface area contributed by atoms with Crippen molar-refractivity contribution in [3.05, 3.63) is 29.6 Å². The van der Waals surface area contributed by atoms with Crippen molar-refractivity contribution in [2.75, 3.05) is 24.5 Å². The molecule has 0 aliphatic carbocycles. The zero-order valence-corrected chi connectivity index (χ0v) is 12.4. The van der Waals surface area contributed by atoms with E-state index in [-0.39, 0.29) is 18.3 Å². The zero-order chi connectivity index (χ0) is 15.3. The first-order valence-electron chi connectivity index (χ1n) is 7.39. The van der Waals surface area contributed by atoms with Gasteiger partial charge < -0.3 is 15.3 Å². The summed E-state index contributed by atoms with van der Waals surface area (Å²) < 4.78 is 14.4. The second-order valence-corrected chi connectivity index (χ2v) is 6.67. The molecule has 1 fully saturated rings. The van der Waals surface area contributed by atoms with Gasteiger partial charge in [-0.3, -0.25) is 4.79 Å². The lowest BCUT2D eigenvalue weighted by atomic mass is 9.74. The second kappa shape index (κ2) is 4.78. The zero-order valence-electron chi connectivity index (χ0n) is 12.4. The fourth-order valence-corrected chi connectivity index (χ4v) is 3.55. The van der Waals surface area contributed by atoms with E-state index in [0.29, 0.717) is 37.2 Å². The number of halogens is 1. The smallest absolute Gasteiger partial charge is 0.238 e. The van der Waals surface area contributed by atoms with Gasteiger partial charge in [-0.05, 0) is 51.9 Å².